The summed E-state index contributed by atoms with van der Waals surface area (Å²) in [6.07, 6.45) is 1.66. The molecule has 1 atom stereocenters. The van der Waals surface area contributed by atoms with E-state index in [4.69, 9.17) is 16.3 Å². The molecule has 1 unspecified atom stereocenters. The van der Waals surface area contributed by atoms with Crippen molar-refractivity contribution in [2.75, 3.05) is 19.9 Å². The molecule has 0 aliphatic rings. The summed E-state index contributed by atoms with van der Waals surface area (Å²) in [5, 5.41) is 3.78. The molecule has 5 heteroatoms. The Balaban J connectivity index is 2.39. The number of halogens is 1. The fourth-order valence-electron chi connectivity index (χ4n) is 1.73. The highest BCUT2D eigenvalue weighted by atomic mass is 35.5. The third-order valence-electron chi connectivity index (χ3n) is 3.07. The summed E-state index contributed by atoms with van der Waals surface area (Å²) in [5.74, 6) is 0.719. The number of rotatable bonds is 7. The van der Waals surface area contributed by atoms with E-state index in [2.05, 4.69) is 5.32 Å². The smallest absolute Gasteiger partial charge is 0.325 e. The summed E-state index contributed by atoms with van der Waals surface area (Å²) in [7, 11) is 3.19. The molecule has 1 N–H and O–H groups in total. The lowest BCUT2D eigenvalue weighted by Gasteiger charge is -2.25. The Labute approximate surface area is 124 Å². The van der Waals surface area contributed by atoms with Crippen LogP contribution >= 0.6 is 23.4 Å². The van der Waals surface area contributed by atoms with Gasteiger partial charge in [-0.2, -0.15) is 0 Å². The lowest BCUT2D eigenvalue weighted by molar-refractivity contribution is -0.148. The predicted octanol–water partition coefficient (Wildman–Crippen LogP) is 3.36. The van der Waals surface area contributed by atoms with E-state index in [-0.39, 0.29) is 5.97 Å². The van der Waals surface area contributed by atoms with Gasteiger partial charge in [-0.1, -0.05) is 17.7 Å². The number of carbonyl (C=O) groups is 1. The lowest BCUT2D eigenvalue weighted by atomic mass is 9.97. The first-order valence-corrected chi connectivity index (χ1v) is 7.54. The van der Waals surface area contributed by atoms with Crippen molar-refractivity contribution in [1.82, 2.24) is 5.32 Å². The molecule has 0 aliphatic heterocycles. The molecule has 0 amide bonds. The second kappa shape index (κ2) is 7.78. The van der Waals surface area contributed by atoms with Crippen LogP contribution in [0.15, 0.2) is 29.2 Å². The SMILES string of the molecule is CNC(C)(CCCSc1cccc(Cl)c1)C(=O)OC. The summed E-state index contributed by atoms with van der Waals surface area (Å²) >= 11 is 7.67. The number of nitrogens with one attached hydrogen (secondary N) is 1. The van der Waals surface area contributed by atoms with E-state index in [1.807, 2.05) is 31.2 Å². The minimum Gasteiger partial charge on any atom is -0.468 e. The summed E-state index contributed by atoms with van der Waals surface area (Å²) < 4.78 is 4.81. The zero-order chi connectivity index (χ0) is 14.3. The van der Waals surface area contributed by atoms with Crippen molar-refractivity contribution in [3.8, 4) is 0 Å². The van der Waals surface area contributed by atoms with Crippen LogP contribution in [0.2, 0.25) is 5.02 Å². The molecule has 0 aliphatic carbocycles. The van der Waals surface area contributed by atoms with Crippen LogP contribution in [0.5, 0.6) is 0 Å². The normalized spacial score (nSPS) is 13.9. The molecule has 0 spiro atoms. The molecule has 1 rings (SSSR count). The molecular weight excluding hydrogens is 282 g/mol. The molecule has 0 bridgehead atoms. The number of thioether (sulfide) groups is 1. The summed E-state index contributed by atoms with van der Waals surface area (Å²) in [6.45, 7) is 1.86. The maximum absolute atomic E-state index is 11.7. The van der Waals surface area contributed by atoms with Gasteiger partial charge in [-0.3, -0.25) is 4.79 Å². The average molecular weight is 302 g/mol. The van der Waals surface area contributed by atoms with Crippen molar-refractivity contribution < 1.29 is 9.53 Å². The highest BCUT2D eigenvalue weighted by molar-refractivity contribution is 7.99. The van der Waals surface area contributed by atoms with Crippen molar-refractivity contribution in [1.29, 1.82) is 0 Å². The summed E-state index contributed by atoms with van der Waals surface area (Å²) in [4.78, 5) is 12.8. The third kappa shape index (κ3) is 5.05. The Bertz CT molecular complexity index is 428. The fraction of sp³-hybridized carbons (Fsp3) is 0.500. The fourth-order valence-corrected chi connectivity index (χ4v) is 2.89. The number of likely N-dealkylation sites (N-methyl/N-ethyl adjacent to an activating group) is 1. The van der Waals surface area contributed by atoms with Crippen LogP contribution in [0, 0.1) is 0 Å². The van der Waals surface area contributed by atoms with Gasteiger partial charge >= 0.3 is 5.97 Å². The van der Waals surface area contributed by atoms with E-state index in [1.54, 1.807) is 18.8 Å². The van der Waals surface area contributed by atoms with Gasteiger partial charge in [0.05, 0.1) is 7.11 Å². The zero-order valence-corrected chi connectivity index (χ0v) is 13.1. The van der Waals surface area contributed by atoms with Crippen LogP contribution in [0.1, 0.15) is 19.8 Å². The van der Waals surface area contributed by atoms with Crippen molar-refractivity contribution in [2.45, 2.75) is 30.2 Å². The van der Waals surface area contributed by atoms with Gasteiger partial charge in [-0.25, -0.2) is 0 Å². The topological polar surface area (TPSA) is 38.3 Å². The third-order valence-corrected chi connectivity index (χ3v) is 4.39. The van der Waals surface area contributed by atoms with Gasteiger partial charge in [-0.05, 0) is 50.8 Å². The minimum absolute atomic E-state index is 0.220. The van der Waals surface area contributed by atoms with E-state index < -0.39 is 5.54 Å². The molecule has 0 aromatic heterocycles. The van der Waals surface area contributed by atoms with E-state index in [0.29, 0.717) is 0 Å². The van der Waals surface area contributed by atoms with Crippen molar-refractivity contribution in [3.05, 3.63) is 29.3 Å². The van der Waals surface area contributed by atoms with Crippen LogP contribution in [-0.4, -0.2) is 31.4 Å². The molecule has 0 heterocycles. The van der Waals surface area contributed by atoms with Crippen molar-refractivity contribution >= 4 is 29.3 Å². The number of hydrogen-bond donors (Lipinski definition) is 1. The first-order chi connectivity index (χ1) is 9.01. The van der Waals surface area contributed by atoms with Crippen LogP contribution in [0.3, 0.4) is 0 Å². The van der Waals surface area contributed by atoms with Gasteiger partial charge in [0.15, 0.2) is 0 Å². The summed E-state index contributed by atoms with van der Waals surface area (Å²) in [5.41, 5.74) is -0.607. The molecule has 19 heavy (non-hydrogen) atoms. The summed E-state index contributed by atoms with van der Waals surface area (Å²) in [6, 6.07) is 7.79. The van der Waals surface area contributed by atoms with E-state index in [9.17, 15) is 4.79 Å². The Morgan fingerprint density at radius 1 is 1.53 bits per heavy atom. The van der Waals surface area contributed by atoms with Crippen LogP contribution in [-0.2, 0) is 9.53 Å². The highest BCUT2D eigenvalue weighted by Gasteiger charge is 2.31. The molecule has 1 aromatic carbocycles. The largest absolute Gasteiger partial charge is 0.468 e. The molecule has 106 valence electrons. The standard InChI is InChI=1S/C14H20ClNO2S/c1-14(16-2,13(17)18-3)8-5-9-19-12-7-4-6-11(15)10-12/h4,6-7,10,16H,5,8-9H2,1-3H3. The molecule has 0 fully saturated rings. The molecular formula is C14H20ClNO2S. The number of benzene rings is 1. The van der Waals surface area contributed by atoms with Crippen molar-refractivity contribution in [3.63, 3.8) is 0 Å². The molecule has 0 saturated carbocycles. The first kappa shape index (κ1) is 16.3. The molecule has 3 nitrogen and oxygen atoms in total. The van der Waals surface area contributed by atoms with Gasteiger partial charge in [0.2, 0.25) is 0 Å². The Morgan fingerprint density at radius 2 is 2.26 bits per heavy atom. The zero-order valence-electron chi connectivity index (χ0n) is 11.5. The Morgan fingerprint density at radius 3 is 2.84 bits per heavy atom. The monoisotopic (exact) mass is 301 g/mol. The van der Waals surface area contributed by atoms with Gasteiger partial charge in [0.25, 0.3) is 0 Å². The number of esters is 1. The number of methoxy groups -OCH3 is 1. The van der Waals surface area contributed by atoms with Gasteiger partial charge < -0.3 is 10.1 Å². The van der Waals surface area contributed by atoms with Crippen LogP contribution in [0.25, 0.3) is 0 Å². The number of carbonyl (C=O) groups excluding carboxylic acids is 1. The first-order valence-electron chi connectivity index (χ1n) is 6.17. The maximum atomic E-state index is 11.7. The van der Waals surface area contributed by atoms with E-state index in [1.165, 1.54) is 7.11 Å². The van der Waals surface area contributed by atoms with Crippen LogP contribution < -0.4 is 5.32 Å². The second-order valence-corrected chi connectivity index (χ2v) is 6.09. The molecule has 0 saturated heterocycles. The van der Waals surface area contributed by atoms with Gasteiger partial charge in [0.1, 0.15) is 5.54 Å². The second-order valence-electron chi connectivity index (χ2n) is 4.48. The number of hydrogen-bond acceptors (Lipinski definition) is 4. The Kier molecular flexibility index (Phi) is 6.69. The van der Waals surface area contributed by atoms with E-state index >= 15 is 0 Å². The Hall–Kier alpha value is -0.710. The molecule has 0 radical (unpaired) electrons. The maximum Gasteiger partial charge on any atom is 0.325 e. The van der Waals surface area contributed by atoms with Crippen LogP contribution in [0.4, 0.5) is 0 Å². The predicted molar refractivity (Wildman–Crippen MR) is 80.9 cm³/mol. The van der Waals surface area contributed by atoms with Gasteiger partial charge in [-0.15, -0.1) is 11.8 Å². The number of ether oxygens (including phenoxy) is 1. The minimum atomic E-state index is -0.607. The quantitative estimate of drug-likeness (QED) is 0.476. The lowest BCUT2D eigenvalue weighted by Crippen LogP contribution is -2.48. The highest BCUT2D eigenvalue weighted by Crippen LogP contribution is 2.24. The van der Waals surface area contributed by atoms with E-state index in [0.717, 1.165) is 28.5 Å². The van der Waals surface area contributed by atoms with Crippen molar-refractivity contribution in [2.24, 2.45) is 0 Å². The molecule has 1 aromatic rings. The van der Waals surface area contributed by atoms with Gasteiger partial charge in [0, 0.05) is 9.92 Å². The average Bonchev–Trinajstić information content (AvgIpc) is 2.42.